The first-order valence-corrected chi connectivity index (χ1v) is 10.0. The highest BCUT2D eigenvalue weighted by molar-refractivity contribution is 7.17. The molecule has 0 radical (unpaired) electrons. The molecule has 2 heterocycles. The smallest absolute Gasteiger partial charge is 0.263 e. The summed E-state index contributed by atoms with van der Waals surface area (Å²) in [5.41, 5.74) is 5.09. The lowest BCUT2D eigenvalue weighted by Crippen LogP contribution is -2.30. The van der Waals surface area contributed by atoms with Crippen LogP contribution in [-0.2, 0) is 11.3 Å². The van der Waals surface area contributed by atoms with Crippen LogP contribution in [0.1, 0.15) is 11.1 Å². The van der Waals surface area contributed by atoms with Crippen LogP contribution in [0.15, 0.2) is 70.1 Å². The van der Waals surface area contributed by atoms with Gasteiger partial charge in [-0.05, 0) is 18.6 Å². The van der Waals surface area contributed by atoms with Gasteiger partial charge in [-0.25, -0.2) is 14.8 Å². The van der Waals surface area contributed by atoms with Crippen LogP contribution in [0.25, 0.3) is 21.3 Å². The number of halogens is 1. The summed E-state index contributed by atoms with van der Waals surface area (Å²) < 4.78 is 14.8. The lowest BCUT2D eigenvalue weighted by molar-refractivity contribution is -0.121. The summed E-state index contributed by atoms with van der Waals surface area (Å²) in [7, 11) is 0. The van der Waals surface area contributed by atoms with Gasteiger partial charge in [-0.1, -0.05) is 48.0 Å². The number of fused-ring (bicyclic) bond motifs is 1. The van der Waals surface area contributed by atoms with Gasteiger partial charge in [0.05, 0.1) is 17.9 Å². The van der Waals surface area contributed by atoms with E-state index in [0.29, 0.717) is 10.2 Å². The van der Waals surface area contributed by atoms with Gasteiger partial charge in [0.15, 0.2) is 0 Å². The molecule has 4 aromatic rings. The highest BCUT2D eigenvalue weighted by atomic mass is 32.1. The van der Waals surface area contributed by atoms with Gasteiger partial charge in [0.2, 0.25) is 0 Å². The van der Waals surface area contributed by atoms with E-state index in [1.165, 1.54) is 40.6 Å². The Morgan fingerprint density at radius 1 is 1.23 bits per heavy atom. The topological polar surface area (TPSA) is 76.3 Å². The second-order valence-electron chi connectivity index (χ2n) is 6.69. The fourth-order valence-corrected chi connectivity index (χ4v) is 3.88. The Hall–Kier alpha value is -3.65. The standard InChI is InChI=1S/C22H17FN4O2S/c1-14-6-8-15(9-7-14)17-12-30-21-20(17)22(29)27(13-24-21)11-19(28)26-25-10-16-4-2-3-5-18(16)23/h2-10,12-13H,11H2,1H3,(H,26,28)/b25-10+. The van der Waals surface area contributed by atoms with E-state index in [9.17, 15) is 14.0 Å². The van der Waals surface area contributed by atoms with Gasteiger partial charge in [0, 0.05) is 16.5 Å². The molecule has 0 saturated heterocycles. The van der Waals surface area contributed by atoms with Gasteiger partial charge in [0.1, 0.15) is 17.2 Å². The molecule has 30 heavy (non-hydrogen) atoms. The van der Waals surface area contributed by atoms with Crippen LogP contribution in [-0.4, -0.2) is 21.7 Å². The maximum atomic E-state index is 13.6. The van der Waals surface area contributed by atoms with Crippen molar-refractivity contribution < 1.29 is 9.18 Å². The van der Waals surface area contributed by atoms with E-state index in [4.69, 9.17) is 0 Å². The summed E-state index contributed by atoms with van der Waals surface area (Å²) in [6.07, 6.45) is 2.56. The Kier molecular flexibility index (Phi) is 5.49. The van der Waals surface area contributed by atoms with E-state index in [1.807, 2.05) is 36.6 Å². The van der Waals surface area contributed by atoms with Crippen molar-refractivity contribution in [2.45, 2.75) is 13.5 Å². The van der Waals surface area contributed by atoms with Crippen LogP contribution in [0.3, 0.4) is 0 Å². The third kappa shape index (κ3) is 4.04. The first-order chi connectivity index (χ1) is 14.5. The second-order valence-corrected chi connectivity index (χ2v) is 7.55. The van der Waals surface area contributed by atoms with Crippen molar-refractivity contribution in [2.75, 3.05) is 0 Å². The number of carbonyl (C=O) groups is 1. The second kappa shape index (κ2) is 8.38. The lowest BCUT2D eigenvalue weighted by Gasteiger charge is -2.05. The predicted molar refractivity (Wildman–Crippen MR) is 116 cm³/mol. The molecular formula is C22H17FN4O2S. The number of nitrogens with zero attached hydrogens (tertiary/aromatic N) is 3. The normalized spacial score (nSPS) is 11.3. The minimum Gasteiger partial charge on any atom is -0.289 e. The first kappa shape index (κ1) is 19.7. The molecular weight excluding hydrogens is 403 g/mol. The molecule has 0 aliphatic rings. The van der Waals surface area contributed by atoms with Gasteiger partial charge < -0.3 is 0 Å². The fourth-order valence-electron chi connectivity index (χ4n) is 2.97. The number of hydrogen-bond acceptors (Lipinski definition) is 5. The summed E-state index contributed by atoms with van der Waals surface area (Å²) >= 11 is 1.38. The third-order valence-electron chi connectivity index (χ3n) is 4.54. The molecule has 2 aromatic heterocycles. The first-order valence-electron chi connectivity index (χ1n) is 9.13. The molecule has 0 aliphatic carbocycles. The minimum atomic E-state index is -0.516. The molecule has 0 atom stereocenters. The SMILES string of the molecule is Cc1ccc(-c2csc3ncn(CC(=O)N/N=C/c4ccccc4F)c(=O)c23)cc1. The number of amides is 1. The van der Waals surface area contributed by atoms with Crippen LogP contribution in [0.4, 0.5) is 4.39 Å². The van der Waals surface area contributed by atoms with Crippen molar-refractivity contribution in [3.8, 4) is 11.1 Å². The van der Waals surface area contributed by atoms with E-state index < -0.39 is 11.7 Å². The van der Waals surface area contributed by atoms with Gasteiger partial charge in [-0.2, -0.15) is 5.10 Å². The molecule has 0 fully saturated rings. The van der Waals surface area contributed by atoms with Crippen molar-refractivity contribution in [3.63, 3.8) is 0 Å². The maximum Gasteiger partial charge on any atom is 0.263 e. The molecule has 6 nitrogen and oxygen atoms in total. The number of nitrogens with one attached hydrogen (secondary N) is 1. The lowest BCUT2D eigenvalue weighted by atomic mass is 10.1. The van der Waals surface area contributed by atoms with Crippen LogP contribution >= 0.6 is 11.3 Å². The third-order valence-corrected chi connectivity index (χ3v) is 5.42. The Morgan fingerprint density at radius 3 is 2.77 bits per heavy atom. The zero-order chi connectivity index (χ0) is 21.1. The zero-order valence-electron chi connectivity index (χ0n) is 16.0. The van der Waals surface area contributed by atoms with Crippen molar-refractivity contribution in [3.05, 3.63) is 87.5 Å². The average molecular weight is 420 g/mol. The molecule has 0 spiro atoms. The Balaban J connectivity index is 1.56. The summed E-state index contributed by atoms with van der Waals surface area (Å²) in [4.78, 5) is 30.1. The number of benzene rings is 2. The van der Waals surface area contributed by atoms with Gasteiger partial charge in [-0.15, -0.1) is 11.3 Å². The molecule has 0 saturated carbocycles. The maximum absolute atomic E-state index is 13.6. The van der Waals surface area contributed by atoms with E-state index in [0.717, 1.165) is 16.7 Å². The quantitative estimate of drug-likeness (QED) is 0.395. The monoisotopic (exact) mass is 420 g/mol. The Bertz CT molecular complexity index is 1310. The van der Waals surface area contributed by atoms with E-state index in [2.05, 4.69) is 15.5 Å². The van der Waals surface area contributed by atoms with Gasteiger partial charge in [0.25, 0.3) is 11.5 Å². The van der Waals surface area contributed by atoms with Gasteiger partial charge >= 0.3 is 0 Å². The van der Waals surface area contributed by atoms with E-state index in [-0.39, 0.29) is 17.7 Å². The summed E-state index contributed by atoms with van der Waals surface area (Å²) in [5.74, 6) is -0.958. The predicted octanol–water partition coefficient (Wildman–Crippen LogP) is 3.72. The molecule has 1 amide bonds. The van der Waals surface area contributed by atoms with Crippen LogP contribution in [0.5, 0.6) is 0 Å². The van der Waals surface area contributed by atoms with Crippen LogP contribution in [0.2, 0.25) is 0 Å². The van der Waals surface area contributed by atoms with Crippen LogP contribution < -0.4 is 11.0 Å². The molecule has 1 N–H and O–H groups in total. The Morgan fingerprint density at radius 2 is 2.00 bits per heavy atom. The molecule has 150 valence electrons. The van der Waals surface area contributed by atoms with Crippen molar-refractivity contribution >= 4 is 33.7 Å². The molecule has 0 bridgehead atoms. The zero-order valence-corrected chi connectivity index (χ0v) is 16.8. The number of hydrogen-bond donors (Lipinski definition) is 1. The van der Waals surface area contributed by atoms with Crippen molar-refractivity contribution in [1.29, 1.82) is 0 Å². The van der Waals surface area contributed by atoms with Crippen molar-refractivity contribution in [1.82, 2.24) is 15.0 Å². The fraction of sp³-hybridized carbons (Fsp3) is 0.0909. The highest BCUT2D eigenvalue weighted by Gasteiger charge is 2.14. The Labute approximate surface area is 175 Å². The number of aryl methyl sites for hydroxylation is 1. The number of aromatic nitrogens is 2. The van der Waals surface area contributed by atoms with Crippen molar-refractivity contribution in [2.24, 2.45) is 5.10 Å². The number of rotatable bonds is 5. The number of carbonyl (C=O) groups excluding carboxylic acids is 1. The largest absolute Gasteiger partial charge is 0.289 e. The highest BCUT2D eigenvalue weighted by Crippen LogP contribution is 2.30. The summed E-state index contributed by atoms with van der Waals surface area (Å²) in [6.45, 7) is 1.75. The average Bonchev–Trinajstić information content (AvgIpc) is 3.17. The molecule has 2 aromatic carbocycles. The molecule has 0 aliphatic heterocycles. The van der Waals surface area contributed by atoms with Crippen LogP contribution in [0, 0.1) is 12.7 Å². The number of thiophene rings is 1. The minimum absolute atomic E-state index is 0.249. The summed E-state index contributed by atoms with van der Waals surface area (Å²) in [6, 6.07) is 13.9. The van der Waals surface area contributed by atoms with E-state index >= 15 is 0 Å². The van der Waals surface area contributed by atoms with E-state index in [1.54, 1.807) is 12.1 Å². The molecule has 4 rings (SSSR count). The number of hydrazone groups is 1. The summed E-state index contributed by atoms with van der Waals surface area (Å²) in [5, 5.41) is 6.13. The molecule has 0 unspecified atom stereocenters. The molecule has 8 heteroatoms. The van der Waals surface area contributed by atoms with Gasteiger partial charge in [-0.3, -0.25) is 14.2 Å².